The summed E-state index contributed by atoms with van der Waals surface area (Å²) in [4.78, 5) is 5.67. The fourth-order valence-electron chi connectivity index (χ4n) is 1.80. The molecule has 0 bridgehead atoms. The minimum atomic E-state index is 0.666. The van der Waals surface area contributed by atoms with Crippen molar-refractivity contribution in [3.05, 3.63) is 52.6 Å². The maximum atomic E-state index is 4.42. The van der Waals surface area contributed by atoms with Crippen LogP contribution in [0.15, 0.2) is 57.0 Å². The first kappa shape index (κ1) is 15.5. The Balaban J connectivity index is 2.10. The van der Waals surface area contributed by atoms with Gasteiger partial charge in [-0.3, -0.25) is 0 Å². The molecule has 0 spiro atoms. The third-order valence-electron chi connectivity index (χ3n) is 2.77. The number of hydrogen-bond acceptors (Lipinski definition) is 3. The number of aromatic nitrogens is 1. The largest absolute Gasteiger partial charge is 0.312 e. The highest BCUT2D eigenvalue weighted by Gasteiger charge is 2.07. The predicted octanol–water partition coefficient (Wildman–Crippen LogP) is 4.74. The molecule has 2 rings (SSSR count). The molecule has 0 unspecified atom stereocenters. The van der Waals surface area contributed by atoms with E-state index in [9.17, 15) is 0 Å². The first-order valence-corrected chi connectivity index (χ1v) is 8.34. The van der Waals surface area contributed by atoms with Crippen LogP contribution in [0.3, 0.4) is 0 Å². The van der Waals surface area contributed by atoms with E-state index in [2.05, 4.69) is 64.3 Å². The molecule has 2 nitrogen and oxygen atoms in total. The molecular weight excluding hydrogens is 332 g/mol. The van der Waals surface area contributed by atoms with Crippen LogP contribution in [0, 0.1) is 5.92 Å². The number of nitrogens with zero attached hydrogens (tertiary/aromatic N) is 1. The van der Waals surface area contributed by atoms with Crippen molar-refractivity contribution in [3.8, 4) is 0 Å². The fourth-order valence-corrected chi connectivity index (χ4v) is 3.20. The Morgan fingerprint density at radius 3 is 2.75 bits per heavy atom. The second-order valence-electron chi connectivity index (χ2n) is 5.02. The van der Waals surface area contributed by atoms with Gasteiger partial charge >= 0.3 is 0 Å². The van der Waals surface area contributed by atoms with Crippen molar-refractivity contribution in [2.45, 2.75) is 30.3 Å². The van der Waals surface area contributed by atoms with E-state index in [0.717, 1.165) is 22.6 Å². The highest BCUT2D eigenvalue weighted by atomic mass is 79.9. The summed E-state index contributed by atoms with van der Waals surface area (Å²) in [6.07, 6.45) is 1.83. The van der Waals surface area contributed by atoms with Crippen LogP contribution in [0.1, 0.15) is 19.4 Å². The number of hydrogen-bond donors (Lipinski definition) is 1. The summed E-state index contributed by atoms with van der Waals surface area (Å²) < 4.78 is 1.04. The topological polar surface area (TPSA) is 24.9 Å². The zero-order valence-electron chi connectivity index (χ0n) is 11.8. The highest BCUT2D eigenvalue weighted by molar-refractivity contribution is 9.10. The molecule has 0 atom stereocenters. The molecule has 4 heteroatoms. The van der Waals surface area contributed by atoms with Crippen LogP contribution >= 0.6 is 27.7 Å². The van der Waals surface area contributed by atoms with Crippen LogP contribution < -0.4 is 5.32 Å². The van der Waals surface area contributed by atoms with Crippen LogP contribution in [-0.4, -0.2) is 11.5 Å². The number of rotatable bonds is 6. The first-order chi connectivity index (χ1) is 9.66. The zero-order valence-corrected chi connectivity index (χ0v) is 14.2. The minimum Gasteiger partial charge on any atom is -0.312 e. The fraction of sp³-hybridized carbons (Fsp3) is 0.312. The molecule has 0 amide bonds. The lowest BCUT2D eigenvalue weighted by atomic mass is 10.2. The summed E-state index contributed by atoms with van der Waals surface area (Å²) in [5, 5.41) is 4.50. The smallest absolute Gasteiger partial charge is 0.115 e. The average molecular weight is 351 g/mol. The van der Waals surface area contributed by atoms with Gasteiger partial charge in [-0.05, 0) is 52.2 Å². The standard InChI is InChI=1S/C16H19BrN2S/c1-12(2)10-18-11-13-6-3-4-8-15(13)20-16-14(17)7-5-9-19-16/h3-9,12,18H,10-11H2,1-2H3. The molecule has 0 saturated carbocycles. The number of benzene rings is 1. The Kier molecular flexibility index (Phi) is 6.07. The van der Waals surface area contributed by atoms with Gasteiger partial charge < -0.3 is 5.32 Å². The van der Waals surface area contributed by atoms with Gasteiger partial charge in [0.15, 0.2) is 0 Å². The molecule has 20 heavy (non-hydrogen) atoms. The lowest BCUT2D eigenvalue weighted by Crippen LogP contribution is -2.19. The number of nitrogens with one attached hydrogen (secondary N) is 1. The van der Waals surface area contributed by atoms with Crippen LogP contribution in [0.25, 0.3) is 0 Å². The third kappa shape index (κ3) is 4.62. The van der Waals surface area contributed by atoms with E-state index >= 15 is 0 Å². The van der Waals surface area contributed by atoms with Gasteiger partial charge in [-0.25, -0.2) is 4.98 Å². The van der Waals surface area contributed by atoms with Gasteiger partial charge in [0, 0.05) is 17.6 Å². The summed E-state index contributed by atoms with van der Waals surface area (Å²) in [7, 11) is 0. The summed E-state index contributed by atoms with van der Waals surface area (Å²) in [5.41, 5.74) is 1.32. The second kappa shape index (κ2) is 7.81. The SMILES string of the molecule is CC(C)CNCc1ccccc1Sc1ncccc1Br. The van der Waals surface area contributed by atoms with Crippen LogP contribution in [0.4, 0.5) is 0 Å². The zero-order chi connectivity index (χ0) is 14.4. The average Bonchev–Trinajstić information content (AvgIpc) is 2.43. The summed E-state index contributed by atoms with van der Waals surface area (Å²) in [6.45, 7) is 6.37. The van der Waals surface area contributed by atoms with Gasteiger partial charge in [0.25, 0.3) is 0 Å². The Labute approximate surface area is 133 Å². The molecule has 0 aliphatic rings. The van der Waals surface area contributed by atoms with Crippen molar-refractivity contribution >= 4 is 27.7 Å². The third-order valence-corrected chi connectivity index (χ3v) is 4.81. The van der Waals surface area contributed by atoms with E-state index in [4.69, 9.17) is 0 Å². The van der Waals surface area contributed by atoms with Crippen LogP contribution in [0.2, 0.25) is 0 Å². The van der Waals surface area contributed by atoms with Crippen molar-refractivity contribution in [1.29, 1.82) is 0 Å². The molecule has 0 fully saturated rings. The van der Waals surface area contributed by atoms with Crippen molar-refractivity contribution in [2.24, 2.45) is 5.92 Å². The molecule has 106 valence electrons. The molecule has 2 aromatic rings. The monoisotopic (exact) mass is 350 g/mol. The van der Waals surface area contributed by atoms with Gasteiger partial charge in [-0.2, -0.15) is 0 Å². The van der Waals surface area contributed by atoms with Crippen molar-refractivity contribution in [2.75, 3.05) is 6.54 Å². The predicted molar refractivity (Wildman–Crippen MR) is 89.0 cm³/mol. The van der Waals surface area contributed by atoms with Gasteiger partial charge in [-0.15, -0.1) is 0 Å². The van der Waals surface area contributed by atoms with Crippen LogP contribution in [-0.2, 0) is 6.54 Å². The molecule has 1 heterocycles. The Morgan fingerprint density at radius 1 is 1.20 bits per heavy atom. The molecule has 0 saturated heterocycles. The Bertz CT molecular complexity index is 558. The van der Waals surface area contributed by atoms with E-state index in [1.54, 1.807) is 11.8 Å². The van der Waals surface area contributed by atoms with Gasteiger partial charge in [0.1, 0.15) is 5.03 Å². The molecule has 1 aromatic heterocycles. The maximum absolute atomic E-state index is 4.42. The van der Waals surface area contributed by atoms with Gasteiger partial charge in [0.2, 0.25) is 0 Å². The normalized spacial score (nSPS) is 11.0. The van der Waals surface area contributed by atoms with Crippen molar-refractivity contribution in [1.82, 2.24) is 10.3 Å². The second-order valence-corrected chi connectivity index (χ2v) is 6.91. The molecular formula is C16H19BrN2S. The first-order valence-electron chi connectivity index (χ1n) is 6.74. The number of halogens is 1. The summed E-state index contributed by atoms with van der Waals surface area (Å²) in [6, 6.07) is 12.4. The van der Waals surface area contributed by atoms with Crippen molar-refractivity contribution < 1.29 is 0 Å². The van der Waals surface area contributed by atoms with E-state index < -0.39 is 0 Å². The van der Waals surface area contributed by atoms with E-state index in [1.165, 1.54) is 10.5 Å². The lowest BCUT2D eigenvalue weighted by Gasteiger charge is -2.11. The van der Waals surface area contributed by atoms with Crippen LogP contribution in [0.5, 0.6) is 0 Å². The maximum Gasteiger partial charge on any atom is 0.115 e. The molecule has 0 aliphatic heterocycles. The van der Waals surface area contributed by atoms with E-state index in [0.29, 0.717) is 5.92 Å². The Morgan fingerprint density at radius 2 is 2.00 bits per heavy atom. The molecule has 1 aromatic carbocycles. The van der Waals surface area contributed by atoms with Gasteiger partial charge in [0.05, 0.1) is 4.47 Å². The quantitative estimate of drug-likeness (QED) is 0.814. The lowest BCUT2D eigenvalue weighted by molar-refractivity contribution is 0.550. The van der Waals surface area contributed by atoms with Gasteiger partial charge in [-0.1, -0.05) is 43.8 Å². The highest BCUT2D eigenvalue weighted by Crippen LogP contribution is 2.33. The molecule has 1 N–H and O–H groups in total. The summed E-state index contributed by atoms with van der Waals surface area (Å²) >= 11 is 5.25. The summed E-state index contributed by atoms with van der Waals surface area (Å²) in [5.74, 6) is 0.666. The van der Waals surface area contributed by atoms with Crippen molar-refractivity contribution in [3.63, 3.8) is 0 Å². The minimum absolute atomic E-state index is 0.666. The van der Waals surface area contributed by atoms with E-state index in [-0.39, 0.29) is 0 Å². The molecule has 0 radical (unpaired) electrons. The Hall–Kier alpha value is -0.840. The number of pyridine rings is 1. The van der Waals surface area contributed by atoms with E-state index in [1.807, 2.05) is 18.3 Å². The molecule has 0 aliphatic carbocycles.